The van der Waals surface area contributed by atoms with Crippen LogP contribution in [-0.2, 0) is 9.47 Å². The Labute approximate surface area is 131 Å². The lowest BCUT2D eigenvalue weighted by Crippen LogP contribution is -2.43. The van der Waals surface area contributed by atoms with E-state index in [9.17, 15) is 4.79 Å². The van der Waals surface area contributed by atoms with Gasteiger partial charge in [-0.05, 0) is 46.5 Å². The van der Waals surface area contributed by atoms with Crippen molar-refractivity contribution in [3.8, 4) is 0 Å². The zero-order valence-electron chi connectivity index (χ0n) is 13.0. The minimum absolute atomic E-state index is 0.201. The van der Waals surface area contributed by atoms with E-state index in [0.29, 0.717) is 6.10 Å². The van der Waals surface area contributed by atoms with Crippen molar-refractivity contribution in [1.29, 1.82) is 0 Å². The van der Waals surface area contributed by atoms with Crippen LogP contribution in [0.25, 0.3) is 0 Å². The fourth-order valence-corrected chi connectivity index (χ4v) is 2.55. The molecule has 1 amide bonds. The molecule has 0 atom stereocenters. The third-order valence-corrected chi connectivity index (χ3v) is 3.79. The number of piperidine rings is 1. The molecule has 1 fully saturated rings. The van der Waals surface area contributed by atoms with E-state index in [1.165, 1.54) is 12.8 Å². The molecule has 0 aromatic heterocycles. The molecule has 0 unspecified atom stereocenters. The van der Waals surface area contributed by atoms with Gasteiger partial charge >= 0.3 is 6.09 Å². The molecule has 0 aliphatic carbocycles. The summed E-state index contributed by atoms with van der Waals surface area (Å²) >= 11 is 3.43. The van der Waals surface area contributed by atoms with Crippen LogP contribution in [0, 0.1) is 0 Å². The van der Waals surface area contributed by atoms with Gasteiger partial charge in [-0.15, -0.1) is 0 Å². The van der Waals surface area contributed by atoms with Gasteiger partial charge in [-0.2, -0.15) is 0 Å². The lowest BCUT2D eigenvalue weighted by molar-refractivity contribution is -0.0120. The summed E-state index contributed by atoms with van der Waals surface area (Å²) in [7, 11) is 0. The number of carbonyl (C=O) groups excluding carboxylic acids is 1. The summed E-state index contributed by atoms with van der Waals surface area (Å²) in [5.74, 6) is 0. The number of nitrogens with zero attached hydrogens (tertiary/aromatic N) is 1. The van der Waals surface area contributed by atoms with Crippen molar-refractivity contribution in [3.63, 3.8) is 0 Å². The molecule has 5 heteroatoms. The van der Waals surface area contributed by atoms with Gasteiger partial charge in [0.05, 0.1) is 6.10 Å². The summed E-state index contributed by atoms with van der Waals surface area (Å²) in [5, 5.41) is 1.07. The minimum Gasteiger partial charge on any atom is -0.444 e. The number of hydrogen-bond acceptors (Lipinski definition) is 3. The SMILES string of the molecule is CC(C)(C)OC(=O)N1CCC(OCCCCCBr)CC1. The number of unbranched alkanes of at least 4 members (excludes halogenated alkanes) is 2. The maximum Gasteiger partial charge on any atom is 0.410 e. The molecule has 0 radical (unpaired) electrons. The van der Waals surface area contributed by atoms with Gasteiger partial charge in [-0.25, -0.2) is 4.79 Å². The summed E-state index contributed by atoms with van der Waals surface area (Å²) in [6.45, 7) is 8.00. The molecule has 0 aromatic carbocycles. The van der Waals surface area contributed by atoms with Crippen molar-refractivity contribution in [1.82, 2.24) is 4.90 Å². The molecule has 4 nitrogen and oxygen atoms in total. The number of ether oxygens (including phenoxy) is 2. The van der Waals surface area contributed by atoms with Crippen molar-refractivity contribution < 1.29 is 14.3 Å². The Kier molecular flexibility index (Phi) is 7.88. The topological polar surface area (TPSA) is 38.8 Å². The second-order valence-electron chi connectivity index (χ2n) is 6.29. The molecule has 118 valence electrons. The molecule has 1 aliphatic rings. The summed E-state index contributed by atoms with van der Waals surface area (Å²) in [6, 6.07) is 0. The third-order valence-electron chi connectivity index (χ3n) is 3.23. The maximum atomic E-state index is 11.9. The number of amides is 1. The second-order valence-corrected chi connectivity index (χ2v) is 7.08. The lowest BCUT2D eigenvalue weighted by atomic mass is 10.1. The Morgan fingerprint density at radius 3 is 2.40 bits per heavy atom. The van der Waals surface area contributed by atoms with Crippen LogP contribution in [0.5, 0.6) is 0 Å². The van der Waals surface area contributed by atoms with Crippen molar-refractivity contribution in [2.24, 2.45) is 0 Å². The summed E-state index contributed by atoms with van der Waals surface area (Å²) < 4.78 is 11.2. The van der Waals surface area contributed by atoms with Gasteiger partial charge in [0.25, 0.3) is 0 Å². The van der Waals surface area contributed by atoms with E-state index in [1.807, 2.05) is 20.8 Å². The van der Waals surface area contributed by atoms with Crippen LogP contribution in [0.1, 0.15) is 52.9 Å². The van der Waals surface area contributed by atoms with Crippen molar-refractivity contribution >= 4 is 22.0 Å². The van der Waals surface area contributed by atoms with E-state index in [2.05, 4.69) is 15.9 Å². The Hall–Kier alpha value is -0.290. The van der Waals surface area contributed by atoms with Crippen LogP contribution in [0.4, 0.5) is 4.79 Å². The zero-order chi connectivity index (χ0) is 15.0. The Bertz CT molecular complexity index is 283. The molecule has 1 rings (SSSR count). The Balaban J connectivity index is 2.15. The van der Waals surface area contributed by atoms with Gasteiger partial charge in [0.15, 0.2) is 0 Å². The smallest absolute Gasteiger partial charge is 0.410 e. The monoisotopic (exact) mass is 349 g/mol. The summed E-state index contributed by atoms with van der Waals surface area (Å²) in [4.78, 5) is 13.7. The average molecular weight is 350 g/mol. The molecule has 0 bridgehead atoms. The van der Waals surface area contributed by atoms with E-state index in [4.69, 9.17) is 9.47 Å². The molecule has 20 heavy (non-hydrogen) atoms. The minimum atomic E-state index is -0.417. The van der Waals surface area contributed by atoms with E-state index < -0.39 is 5.60 Å². The normalized spacial score (nSPS) is 17.3. The molecule has 0 aromatic rings. The quantitative estimate of drug-likeness (QED) is 0.537. The highest BCUT2D eigenvalue weighted by atomic mass is 79.9. The molecule has 0 saturated carbocycles. The standard InChI is InChI=1S/C15H28BrNO3/c1-15(2,3)20-14(18)17-10-7-13(8-11-17)19-12-6-4-5-9-16/h13H,4-12H2,1-3H3. The molecule has 1 saturated heterocycles. The highest BCUT2D eigenvalue weighted by molar-refractivity contribution is 9.09. The van der Waals surface area contributed by atoms with Gasteiger partial charge in [-0.1, -0.05) is 22.4 Å². The van der Waals surface area contributed by atoms with Crippen LogP contribution in [0.15, 0.2) is 0 Å². The number of halogens is 1. The first kappa shape index (κ1) is 17.8. The predicted octanol–water partition coefficient (Wildman–Crippen LogP) is 3.97. The zero-order valence-corrected chi connectivity index (χ0v) is 14.6. The number of rotatable bonds is 6. The number of hydrogen-bond donors (Lipinski definition) is 0. The molecule has 1 heterocycles. The molecule has 1 aliphatic heterocycles. The van der Waals surface area contributed by atoms with Crippen LogP contribution in [0.3, 0.4) is 0 Å². The molecular weight excluding hydrogens is 322 g/mol. The number of carbonyl (C=O) groups is 1. The van der Waals surface area contributed by atoms with E-state index in [-0.39, 0.29) is 6.09 Å². The highest BCUT2D eigenvalue weighted by Gasteiger charge is 2.26. The van der Waals surface area contributed by atoms with E-state index >= 15 is 0 Å². The van der Waals surface area contributed by atoms with Gasteiger partial charge in [0.1, 0.15) is 5.60 Å². The first-order chi connectivity index (χ1) is 9.42. The molecular formula is C15H28BrNO3. The van der Waals surface area contributed by atoms with Gasteiger partial charge in [0, 0.05) is 25.0 Å². The fraction of sp³-hybridized carbons (Fsp3) is 0.933. The Morgan fingerprint density at radius 1 is 1.20 bits per heavy atom. The van der Waals surface area contributed by atoms with Gasteiger partial charge in [0.2, 0.25) is 0 Å². The van der Waals surface area contributed by atoms with Crippen molar-refractivity contribution in [2.45, 2.75) is 64.6 Å². The summed E-state index contributed by atoms with van der Waals surface area (Å²) in [5.41, 5.74) is -0.417. The molecule has 0 spiro atoms. The Morgan fingerprint density at radius 2 is 1.85 bits per heavy atom. The van der Waals surface area contributed by atoms with Crippen molar-refractivity contribution in [2.75, 3.05) is 25.0 Å². The van der Waals surface area contributed by atoms with E-state index in [1.54, 1.807) is 4.90 Å². The van der Waals surface area contributed by atoms with Gasteiger partial charge < -0.3 is 14.4 Å². The largest absolute Gasteiger partial charge is 0.444 e. The average Bonchev–Trinajstić information content (AvgIpc) is 2.37. The lowest BCUT2D eigenvalue weighted by Gasteiger charge is -2.33. The van der Waals surface area contributed by atoms with Crippen LogP contribution < -0.4 is 0 Å². The number of likely N-dealkylation sites (tertiary alicyclic amines) is 1. The molecule has 0 N–H and O–H groups in total. The third kappa shape index (κ3) is 7.48. The first-order valence-electron chi connectivity index (χ1n) is 7.58. The maximum absolute atomic E-state index is 11.9. The number of alkyl halides is 1. The van der Waals surface area contributed by atoms with Crippen LogP contribution >= 0.6 is 15.9 Å². The predicted molar refractivity (Wildman–Crippen MR) is 84.4 cm³/mol. The fourth-order valence-electron chi connectivity index (χ4n) is 2.15. The van der Waals surface area contributed by atoms with Crippen LogP contribution in [-0.4, -0.2) is 47.7 Å². The van der Waals surface area contributed by atoms with E-state index in [0.717, 1.165) is 44.3 Å². The first-order valence-corrected chi connectivity index (χ1v) is 8.70. The second kappa shape index (κ2) is 8.88. The van der Waals surface area contributed by atoms with Gasteiger partial charge in [-0.3, -0.25) is 0 Å². The summed E-state index contributed by atoms with van der Waals surface area (Å²) in [6.07, 6.45) is 5.47. The highest BCUT2D eigenvalue weighted by Crippen LogP contribution is 2.17. The van der Waals surface area contributed by atoms with Crippen LogP contribution in [0.2, 0.25) is 0 Å². The van der Waals surface area contributed by atoms with Crippen molar-refractivity contribution in [3.05, 3.63) is 0 Å².